The number of benzene rings is 2. The van der Waals surface area contributed by atoms with Crippen LogP contribution in [0.15, 0.2) is 60.7 Å². The van der Waals surface area contributed by atoms with E-state index in [9.17, 15) is 9.59 Å². The van der Waals surface area contributed by atoms with Crippen molar-refractivity contribution in [3.8, 4) is 0 Å². The minimum Gasteiger partial charge on any atom is -0.310 e. The molecule has 1 unspecified atom stereocenters. The summed E-state index contributed by atoms with van der Waals surface area (Å²) in [7, 11) is 0. The van der Waals surface area contributed by atoms with Crippen molar-refractivity contribution in [2.24, 2.45) is 0 Å². The van der Waals surface area contributed by atoms with Gasteiger partial charge in [-0.1, -0.05) is 48.5 Å². The van der Waals surface area contributed by atoms with Crippen LogP contribution in [0.4, 0.5) is 10.5 Å². The molecular weight excluding hydrogens is 276 g/mol. The maximum absolute atomic E-state index is 12.6. The van der Waals surface area contributed by atoms with Crippen LogP contribution in [0.2, 0.25) is 0 Å². The fraction of sp³-hybridized carbons (Fsp3) is 0.222. The number of nitrogens with zero attached hydrogens (tertiary/aromatic N) is 1. The lowest BCUT2D eigenvalue weighted by molar-refractivity contribution is -0.125. The average Bonchev–Trinajstić information content (AvgIpc) is 2.56. The quantitative estimate of drug-likeness (QED) is 0.919. The number of hydrogen-bond acceptors (Lipinski definition) is 2. The standard InChI is InChI=1S/C18H18N2O2/c21-16-12-7-13-20(17(16)14-8-3-1-4-9-14)18(22)19-15-10-5-2-6-11-15/h1-6,8-11,17H,7,12-13H2,(H,19,22). The van der Waals surface area contributed by atoms with Gasteiger partial charge in [0.2, 0.25) is 0 Å². The normalized spacial score (nSPS) is 18.1. The number of rotatable bonds is 2. The summed E-state index contributed by atoms with van der Waals surface area (Å²) in [6.07, 6.45) is 1.24. The van der Waals surface area contributed by atoms with Gasteiger partial charge >= 0.3 is 6.03 Å². The number of hydrogen-bond donors (Lipinski definition) is 1. The molecule has 0 bridgehead atoms. The molecule has 1 heterocycles. The lowest BCUT2D eigenvalue weighted by Crippen LogP contribution is -2.45. The average molecular weight is 294 g/mol. The molecule has 0 spiro atoms. The summed E-state index contributed by atoms with van der Waals surface area (Å²) >= 11 is 0. The summed E-state index contributed by atoms with van der Waals surface area (Å²) in [6.45, 7) is 0.587. The van der Waals surface area contributed by atoms with Crippen LogP contribution in [0, 0.1) is 0 Å². The van der Waals surface area contributed by atoms with E-state index in [1.54, 1.807) is 4.90 Å². The van der Waals surface area contributed by atoms with Crippen molar-refractivity contribution in [3.63, 3.8) is 0 Å². The van der Waals surface area contributed by atoms with Crippen molar-refractivity contribution >= 4 is 17.5 Å². The largest absolute Gasteiger partial charge is 0.322 e. The Labute approximate surface area is 129 Å². The number of nitrogens with one attached hydrogen (secondary N) is 1. The van der Waals surface area contributed by atoms with Gasteiger partial charge in [-0.3, -0.25) is 4.79 Å². The van der Waals surface area contributed by atoms with E-state index in [1.165, 1.54) is 0 Å². The molecule has 112 valence electrons. The highest BCUT2D eigenvalue weighted by Crippen LogP contribution is 2.28. The molecule has 0 radical (unpaired) electrons. The first-order valence-corrected chi connectivity index (χ1v) is 7.46. The predicted octanol–water partition coefficient (Wildman–Crippen LogP) is 3.62. The molecular formula is C18H18N2O2. The zero-order chi connectivity index (χ0) is 15.4. The number of carbonyl (C=O) groups is 2. The SMILES string of the molecule is O=C1CCCN(C(=O)Nc2ccccc2)C1c1ccccc1. The third-order valence-electron chi connectivity index (χ3n) is 3.84. The number of urea groups is 1. The molecule has 2 amide bonds. The fourth-order valence-corrected chi connectivity index (χ4v) is 2.80. The molecule has 1 saturated heterocycles. The zero-order valence-corrected chi connectivity index (χ0v) is 12.2. The number of amides is 2. The minimum absolute atomic E-state index is 0.0978. The highest BCUT2D eigenvalue weighted by Gasteiger charge is 2.34. The summed E-state index contributed by atoms with van der Waals surface area (Å²) in [4.78, 5) is 26.5. The van der Waals surface area contributed by atoms with Crippen molar-refractivity contribution in [2.75, 3.05) is 11.9 Å². The highest BCUT2D eigenvalue weighted by molar-refractivity contribution is 5.95. The highest BCUT2D eigenvalue weighted by atomic mass is 16.2. The third kappa shape index (κ3) is 3.01. The van der Waals surface area contributed by atoms with Crippen LogP contribution in [0.1, 0.15) is 24.4 Å². The van der Waals surface area contributed by atoms with Gasteiger partial charge in [0.05, 0.1) is 0 Å². The first-order valence-electron chi connectivity index (χ1n) is 7.46. The van der Waals surface area contributed by atoms with Crippen molar-refractivity contribution in [3.05, 3.63) is 66.2 Å². The number of carbonyl (C=O) groups excluding carboxylic acids is 2. The van der Waals surface area contributed by atoms with Crippen molar-refractivity contribution in [1.82, 2.24) is 4.90 Å². The number of anilines is 1. The van der Waals surface area contributed by atoms with Crippen molar-refractivity contribution in [2.45, 2.75) is 18.9 Å². The Kier molecular flexibility index (Phi) is 4.19. The van der Waals surface area contributed by atoms with E-state index < -0.39 is 6.04 Å². The number of piperidine rings is 1. The van der Waals surface area contributed by atoms with E-state index in [-0.39, 0.29) is 11.8 Å². The van der Waals surface area contributed by atoms with Crippen molar-refractivity contribution in [1.29, 1.82) is 0 Å². The predicted molar refractivity (Wildman–Crippen MR) is 85.6 cm³/mol. The maximum Gasteiger partial charge on any atom is 0.322 e. The van der Waals surface area contributed by atoms with Crippen LogP contribution in [-0.4, -0.2) is 23.3 Å². The van der Waals surface area contributed by atoms with Crippen LogP contribution in [0.3, 0.4) is 0 Å². The Hall–Kier alpha value is -2.62. The van der Waals surface area contributed by atoms with Crippen LogP contribution >= 0.6 is 0 Å². The number of para-hydroxylation sites is 1. The molecule has 1 atom stereocenters. The van der Waals surface area contributed by atoms with Gasteiger partial charge in [-0.15, -0.1) is 0 Å². The zero-order valence-electron chi connectivity index (χ0n) is 12.2. The second-order valence-electron chi connectivity index (χ2n) is 5.37. The van der Waals surface area contributed by atoms with E-state index in [4.69, 9.17) is 0 Å². The lowest BCUT2D eigenvalue weighted by atomic mass is 9.94. The molecule has 2 aromatic carbocycles. The molecule has 1 aliphatic rings. The van der Waals surface area contributed by atoms with Gasteiger partial charge in [-0.25, -0.2) is 4.79 Å². The van der Waals surface area contributed by atoms with Crippen LogP contribution in [-0.2, 0) is 4.79 Å². The summed E-state index contributed by atoms with van der Waals surface area (Å²) < 4.78 is 0. The lowest BCUT2D eigenvalue weighted by Gasteiger charge is -2.34. The molecule has 4 nitrogen and oxygen atoms in total. The molecule has 1 fully saturated rings. The second kappa shape index (κ2) is 6.43. The van der Waals surface area contributed by atoms with E-state index in [0.717, 1.165) is 11.3 Å². The number of ketones is 1. The third-order valence-corrected chi connectivity index (χ3v) is 3.84. The topological polar surface area (TPSA) is 49.4 Å². The Balaban J connectivity index is 1.83. The molecule has 0 aliphatic carbocycles. The van der Waals surface area contributed by atoms with Gasteiger partial charge in [0, 0.05) is 18.7 Å². The van der Waals surface area contributed by atoms with Gasteiger partial charge in [0.1, 0.15) is 6.04 Å². The van der Waals surface area contributed by atoms with Crippen molar-refractivity contribution < 1.29 is 9.59 Å². The second-order valence-corrected chi connectivity index (χ2v) is 5.37. The van der Waals surface area contributed by atoms with Gasteiger partial charge < -0.3 is 10.2 Å². The fourth-order valence-electron chi connectivity index (χ4n) is 2.80. The van der Waals surface area contributed by atoms with E-state index in [0.29, 0.717) is 19.4 Å². The first-order chi connectivity index (χ1) is 10.8. The molecule has 3 rings (SSSR count). The van der Waals surface area contributed by atoms with Gasteiger partial charge in [0.25, 0.3) is 0 Å². The Morgan fingerprint density at radius 1 is 1.00 bits per heavy atom. The van der Waals surface area contributed by atoms with Gasteiger partial charge in [-0.05, 0) is 24.1 Å². The summed E-state index contributed by atoms with van der Waals surface area (Å²) in [6, 6.07) is 18.1. The summed E-state index contributed by atoms with van der Waals surface area (Å²) in [5.41, 5.74) is 1.60. The van der Waals surface area contributed by atoms with E-state index in [2.05, 4.69) is 5.32 Å². The van der Waals surface area contributed by atoms with Crippen LogP contribution in [0.5, 0.6) is 0 Å². The first kappa shape index (κ1) is 14.3. The van der Waals surface area contributed by atoms with Gasteiger partial charge in [0.15, 0.2) is 5.78 Å². The number of likely N-dealkylation sites (tertiary alicyclic amines) is 1. The Morgan fingerprint density at radius 2 is 1.64 bits per heavy atom. The van der Waals surface area contributed by atoms with E-state index in [1.807, 2.05) is 60.7 Å². The Bertz CT molecular complexity index is 655. The molecule has 22 heavy (non-hydrogen) atoms. The smallest absolute Gasteiger partial charge is 0.310 e. The molecule has 1 N–H and O–H groups in total. The minimum atomic E-state index is -0.487. The van der Waals surface area contributed by atoms with E-state index >= 15 is 0 Å². The summed E-state index contributed by atoms with van der Waals surface area (Å²) in [5, 5.41) is 2.87. The molecule has 0 aromatic heterocycles. The monoisotopic (exact) mass is 294 g/mol. The summed E-state index contributed by atoms with van der Waals surface area (Å²) in [5.74, 6) is 0.0978. The molecule has 0 saturated carbocycles. The Morgan fingerprint density at radius 3 is 2.32 bits per heavy atom. The van der Waals surface area contributed by atoms with Crippen LogP contribution in [0.25, 0.3) is 0 Å². The van der Waals surface area contributed by atoms with Crippen LogP contribution < -0.4 is 5.32 Å². The molecule has 2 aromatic rings. The molecule has 1 aliphatic heterocycles. The van der Waals surface area contributed by atoms with Gasteiger partial charge in [-0.2, -0.15) is 0 Å². The number of Topliss-reactive ketones (excluding diaryl/α,β-unsaturated/α-hetero) is 1. The maximum atomic E-state index is 12.6. The molecule has 4 heteroatoms.